The van der Waals surface area contributed by atoms with Crippen molar-refractivity contribution in [3.8, 4) is 0 Å². The summed E-state index contributed by atoms with van der Waals surface area (Å²) in [6, 6.07) is 0. The zero-order valence-electron chi connectivity index (χ0n) is 3.60. The third-order valence-electron chi connectivity index (χ3n) is 0.595. The summed E-state index contributed by atoms with van der Waals surface area (Å²) in [7, 11) is -1.97. The minimum absolute atomic E-state index is 0.930. The maximum absolute atomic E-state index is 5.05. The summed E-state index contributed by atoms with van der Waals surface area (Å²) in [6.45, 7) is 2.00. The van der Waals surface area contributed by atoms with Crippen molar-refractivity contribution in [3.63, 3.8) is 0 Å². The first-order valence-corrected chi connectivity index (χ1v) is 5.43. The van der Waals surface area contributed by atoms with Crippen molar-refractivity contribution >= 4 is 24.4 Å². The molecule has 34 valence electrons. The minimum atomic E-state index is -1.04. The van der Waals surface area contributed by atoms with E-state index in [0.29, 0.717) is 0 Å². The molecule has 0 N–H and O–H groups in total. The van der Waals surface area contributed by atoms with Gasteiger partial charge in [0, 0.05) is 0 Å². The standard InChI is InChI=1S/C2H6O2Si2/c1-5-3-6(2)4-5/h6H,1H2,2H3. The van der Waals surface area contributed by atoms with Gasteiger partial charge in [0.15, 0.2) is 0 Å². The smallest absolute Gasteiger partial charge is 0.445 e. The molecule has 0 aromatic rings. The predicted octanol–water partition coefficient (Wildman–Crippen LogP) is -0.615. The van der Waals surface area contributed by atoms with Crippen LogP contribution < -0.4 is 0 Å². The van der Waals surface area contributed by atoms with Crippen molar-refractivity contribution in [1.29, 1.82) is 0 Å². The molecule has 1 aliphatic rings. The van der Waals surface area contributed by atoms with E-state index in [1.807, 2.05) is 6.55 Å². The van der Waals surface area contributed by atoms with E-state index in [9.17, 15) is 0 Å². The Hall–Kier alpha value is -0.0962. The normalized spacial score (nSPS) is 21.2. The van der Waals surface area contributed by atoms with Crippen molar-refractivity contribution in [1.82, 2.24) is 0 Å². The van der Waals surface area contributed by atoms with Gasteiger partial charge in [-0.15, -0.1) is 0 Å². The van der Waals surface area contributed by atoms with Gasteiger partial charge in [-0.05, 0) is 12.7 Å². The van der Waals surface area contributed by atoms with E-state index in [4.69, 9.17) is 8.23 Å². The van der Waals surface area contributed by atoms with Gasteiger partial charge in [-0.25, -0.2) is 0 Å². The molecule has 4 heteroatoms. The van der Waals surface area contributed by atoms with E-state index in [2.05, 4.69) is 6.17 Å². The molecule has 0 bridgehead atoms. The molecule has 1 aliphatic heterocycles. The second-order valence-corrected chi connectivity index (χ2v) is 4.94. The van der Waals surface area contributed by atoms with Crippen LogP contribution in [0.2, 0.25) is 6.55 Å². The molecule has 0 atom stereocenters. The molecule has 1 fully saturated rings. The quantitative estimate of drug-likeness (QED) is 0.395. The van der Waals surface area contributed by atoms with Crippen molar-refractivity contribution in [2.45, 2.75) is 6.55 Å². The molecule has 2 nitrogen and oxygen atoms in total. The van der Waals surface area contributed by atoms with Gasteiger partial charge >= 0.3 is 18.2 Å². The summed E-state index contributed by atoms with van der Waals surface area (Å²) in [5.74, 6) is 0. The number of rotatable bonds is 0. The van der Waals surface area contributed by atoms with E-state index >= 15 is 0 Å². The van der Waals surface area contributed by atoms with Crippen LogP contribution in [0.25, 0.3) is 0 Å². The topological polar surface area (TPSA) is 18.5 Å². The second kappa shape index (κ2) is 1.20. The molecule has 6 heavy (non-hydrogen) atoms. The fraction of sp³-hybridized carbons (Fsp3) is 0.500. The summed E-state index contributed by atoms with van der Waals surface area (Å²) in [6.07, 6.45) is 3.59. The van der Waals surface area contributed by atoms with Gasteiger partial charge in [-0.2, -0.15) is 0 Å². The van der Waals surface area contributed by atoms with Gasteiger partial charge in [0.25, 0.3) is 0 Å². The molecule has 0 radical (unpaired) electrons. The Balaban J connectivity index is 2.28. The molecule has 0 amide bonds. The van der Waals surface area contributed by atoms with E-state index < -0.39 is 18.2 Å². The SMILES string of the molecule is C=[Si]1O[SiH](C)O1. The lowest BCUT2D eigenvalue weighted by Gasteiger charge is -2.26. The Bertz CT molecular complexity index is 73.6. The van der Waals surface area contributed by atoms with Crippen molar-refractivity contribution in [2.24, 2.45) is 0 Å². The first-order valence-electron chi connectivity index (χ1n) is 1.81. The second-order valence-electron chi connectivity index (χ2n) is 1.18. The first-order chi connectivity index (χ1) is 2.79. The fourth-order valence-corrected chi connectivity index (χ4v) is 3.41. The van der Waals surface area contributed by atoms with Gasteiger partial charge in [0.1, 0.15) is 0 Å². The molecule has 0 aromatic heterocycles. The third kappa shape index (κ3) is 0.527. The maximum Gasteiger partial charge on any atom is 0.445 e. The van der Waals surface area contributed by atoms with Crippen LogP contribution in [-0.4, -0.2) is 24.4 Å². The average Bonchev–Trinajstić information content (AvgIpc) is 1.33. The fourth-order valence-electron chi connectivity index (χ4n) is 0.379. The van der Waals surface area contributed by atoms with Crippen molar-refractivity contribution in [2.75, 3.05) is 0 Å². The van der Waals surface area contributed by atoms with Crippen LogP contribution >= 0.6 is 0 Å². The van der Waals surface area contributed by atoms with E-state index in [1.165, 1.54) is 0 Å². The Morgan fingerprint density at radius 2 is 2.17 bits per heavy atom. The van der Waals surface area contributed by atoms with Crippen LogP contribution in [0, 0.1) is 0 Å². The van der Waals surface area contributed by atoms with Gasteiger partial charge in [-0.3, -0.25) is 0 Å². The molecule has 0 aliphatic carbocycles. The Morgan fingerprint density at radius 1 is 1.67 bits per heavy atom. The van der Waals surface area contributed by atoms with Crippen molar-refractivity contribution in [3.05, 3.63) is 0 Å². The third-order valence-corrected chi connectivity index (χ3v) is 5.35. The Labute approximate surface area is 40.0 Å². The minimum Gasteiger partial charge on any atom is -0.554 e. The van der Waals surface area contributed by atoms with E-state index in [1.54, 1.807) is 0 Å². The monoisotopic (exact) mass is 118 g/mol. The highest BCUT2D eigenvalue weighted by Gasteiger charge is 2.22. The predicted molar refractivity (Wildman–Crippen MR) is 28.1 cm³/mol. The van der Waals surface area contributed by atoms with Crippen LogP contribution in [0.15, 0.2) is 0 Å². The van der Waals surface area contributed by atoms with Crippen molar-refractivity contribution < 1.29 is 8.23 Å². The van der Waals surface area contributed by atoms with Gasteiger partial charge < -0.3 is 8.23 Å². The van der Waals surface area contributed by atoms with Crippen LogP contribution in [0.5, 0.6) is 0 Å². The highest BCUT2D eigenvalue weighted by Crippen LogP contribution is 1.98. The Morgan fingerprint density at radius 3 is 2.17 bits per heavy atom. The molecule has 0 saturated carbocycles. The molecule has 0 aromatic carbocycles. The maximum atomic E-state index is 5.05. The highest BCUT2D eigenvalue weighted by atomic mass is 28.5. The molecule has 1 rings (SSSR count). The lowest BCUT2D eigenvalue weighted by molar-refractivity contribution is 0.313. The number of hydrogen-bond donors (Lipinski definition) is 0. The van der Waals surface area contributed by atoms with Gasteiger partial charge in [0.05, 0.1) is 0 Å². The lowest BCUT2D eigenvalue weighted by atomic mass is 11.9. The van der Waals surface area contributed by atoms with E-state index in [-0.39, 0.29) is 0 Å². The molecule has 0 spiro atoms. The van der Waals surface area contributed by atoms with Gasteiger partial charge in [-0.1, -0.05) is 0 Å². The zero-order chi connectivity index (χ0) is 4.57. The average molecular weight is 118 g/mol. The highest BCUT2D eigenvalue weighted by molar-refractivity contribution is 6.73. The molecule has 0 unspecified atom stereocenters. The van der Waals surface area contributed by atoms with Crippen LogP contribution in [0.4, 0.5) is 0 Å². The Kier molecular flexibility index (Phi) is 0.812. The summed E-state index contributed by atoms with van der Waals surface area (Å²) < 4.78 is 10.1. The zero-order valence-corrected chi connectivity index (χ0v) is 5.76. The molecule has 1 saturated heterocycles. The summed E-state index contributed by atoms with van der Waals surface area (Å²) in [5, 5.41) is 0. The first kappa shape index (κ1) is 4.07. The van der Waals surface area contributed by atoms with Crippen LogP contribution in [-0.2, 0) is 8.23 Å². The van der Waals surface area contributed by atoms with Crippen LogP contribution in [0.3, 0.4) is 0 Å². The van der Waals surface area contributed by atoms with Gasteiger partial charge in [0.2, 0.25) is 0 Å². The summed E-state index contributed by atoms with van der Waals surface area (Å²) in [5.41, 5.74) is 0. The number of hydrogen-bond acceptors (Lipinski definition) is 2. The van der Waals surface area contributed by atoms with Crippen LogP contribution in [0.1, 0.15) is 0 Å². The largest absolute Gasteiger partial charge is 0.554 e. The molecule has 1 heterocycles. The van der Waals surface area contributed by atoms with E-state index in [0.717, 1.165) is 0 Å². The molecular weight excluding hydrogens is 112 g/mol. The summed E-state index contributed by atoms with van der Waals surface area (Å²) >= 11 is 0. The summed E-state index contributed by atoms with van der Waals surface area (Å²) in [4.78, 5) is 0. The molecular formula is C2H6O2Si2. The lowest BCUT2D eigenvalue weighted by Crippen LogP contribution is -2.40.